The Morgan fingerprint density at radius 3 is 1.28 bits per heavy atom. The Labute approximate surface area is 265 Å². The standard InChI is InChI=1S/C38H66O5/c1-3-5-7-9-11-13-15-17-19-21-23-25-27-29-31-33-38(41)43-35-36(39)34-42-37(40)32-30-28-26-24-22-20-18-16-14-12-10-8-6-4-2/h11,13,16-19,22,24,36,39H,3-10,12,14-15,20-21,23,25-35H2,1-2H3/b13-11-,18-16-,19-17-,24-22-. The molecule has 0 aromatic heterocycles. The van der Waals surface area contributed by atoms with Crippen LogP contribution in [0, 0.1) is 0 Å². The van der Waals surface area contributed by atoms with Gasteiger partial charge in [-0.15, -0.1) is 0 Å². The predicted molar refractivity (Wildman–Crippen MR) is 182 cm³/mol. The lowest BCUT2D eigenvalue weighted by molar-refractivity contribution is -0.152. The van der Waals surface area contributed by atoms with Crippen molar-refractivity contribution in [3.05, 3.63) is 48.6 Å². The summed E-state index contributed by atoms with van der Waals surface area (Å²) in [6.45, 7) is 4.20. The van der Waals surface area contributed by atoms with E-state index in [-0.39, 0.29) is 25.2 Å². The zero-order chi connectivity index (χ0) is 31.5. The number of esters is 2. The Morgan fingerprint density at radius 2 is 0.814 bits per heavy atom. The van der Waals surface area contributed by atoms with E-state index in [2.05, 4.69) is 62.5 Å². The highest BCUT2D eigenvalue weighted by atomic mass is 16.6. The fourth-order valence-corrected chi connectivity index (χ4v) is 4.56. The maximum absolute atomic E-state index is 11.9. The van der Waals surface area contributed by atoms with Gasteiger partial charge in [0.05, 0.1) is 0 Å². The minimum absolute atomic E-state index is 0.134. The van der Waals surface area contributed by atoms with Crippen LogP contribution in [-0.4, -0.2) is 36.4 Å². The molecule has 0 heterocycles. The number of aliphatic hydroxyl groups excluding tert-OH is 1. The second-order valence-electron chi connectivity index (χ2n) is 11.6. The summed E-state index contributed by atoms with van der Waals surface area (Å²) < 4.78 is 10.3. The van der Waals surface area contributed by atoms with Crippen molar-refractivity contribution < 1.29 is 24.2 Å². The third-order valence-corrected chi connectivity index (χ3v) is 7.29. The molecule has 43 heavy (non-hydrogen) atoms. The molecule has 0 aromatic rings. The summed E-state index contributed by atoms with van der Waals surface area (Å²) in [5, 5.41) is 9.97. The van der Waals surface area contributed by atoms with Crippen molar-refractivity contribution in [3.8, 4) is 0 Å². The minimum Gasteiger partial charge on any atom is -0.463 e. The van der Waals surface area contributed by atoms with Gasteiger partial charge in [-0.1, -0.05) is 120 Å². The van der Waals surface area contributed by atoms with E-state index in [1.165, 1.54) is 77.0 Å². The molecule has 0 fully saturated rings. The van der Waals surface area contributed by atoms with Gasteiger partial charge in [0.15, 0.2) is 0 Å². The molecule has 0 aliphatic carbocycles. The summed E-state index contributed by atoms with van der Waals surface area (Å²) in [6.07, 6.45) is 41.5. The first-order valence-corrected chi connectivity index (χ1v) is 17.7. The van der Waals surface area contributed by atoms with Crippen molar-refractivity contribution in [3.63, 3.8) is 0 Å². The first kappa shape index (κ1) is 40.9. The van der Waals surface area contributed by atoms with Crippen LogP contribution in [0.5, 0.6) is 0 Å². The molecule has 0 bridgehead atoms. The third-order valence-electron chi connectivity index (χ3n) is 7.29. The molecule has 1 atom stereocenters. The molecule has 5 nitrogen and oxygen atoms in total. The van der Waals surface area contributed by atoms with E-state index in [9.17, 15) is 14.7 Å². The van der Waals surface area contributed by atoms with Crippen LogP contribution in [0.1, 0.15) is 162 Å². The maximum atomic E-state index is 11.9. The van der Waals surface area contributed by atoms with E-state index in [0.29, 0.717) is 12.8 Å². The summed E-state index contributed by atoms with van der Waals surface area (Å²) in [5.74, 6) is -0.622. The lowest BCUT2D eigenvalue weighted by atomic mass is 10.1. The van der Waals surface area contributed by atoms with Gasteiger partial charge in [-0.25, -0.2) is 0 Å². The molecule has 5 heteroatoms. The van der Waals surface area contributed by atoms with E-state index < -0.39 is 6.10 Å². The number of hydrogen-bond donors (Lipinski definition) is 1. The second-order valence-corrected chi connectivity index (χ2v) is 11.6. The van der Waals surface area contributed by atoms with Gasteiger partial charge < -0.3 is 14.6 Å². The zero-order valence-electron chi connectivity index (χ0n) is 28.0. The molecule has 1 N–H and O–H groups in total. The quantitative estimate of drug-likeness (QED) is 0.0485. The van der Waals surface area contributed by atoms with Crippen molar-refractivity contribution in [1.82, 2.24) is 0 Å². The number of aliphatic hydroxyl groups is 1. The first-order valence-electron chi connectivity index (χ1n) is 17.7. The van der Waals surface area contributed by atoms with E-state index in [1.54, 1.807) is 0 Å². The number of carbonyl (C=O) groups excluding carboxylic acids is 2. The molecule has 0 radical (unpaired) electrons. The van der Waals surface area contributed by atoms with Gasteiger partial charge in [0.25, 0.3) is 0 Å². The lowest BCUT2D eigenvalue weighted by Gasteiger charge is -2.12. The van der Waals surface area contributed by atoms with Gasteiger partial charge in [-0.3, -0.25) is 9.59 Å². The number of rotatable bonds is 31. The Bertz CT molecular complexity index is 737. The van der Waals surface area contributed by atoms with Gasteiger partial charge in [0.1, 0.15) is 19.3 Å². The summed E-state index contributed by atoms with van der Waals surface area (Å²) in [7, 11) is 0. The fourth-order valence-electron chi connectivity index (χ4n) is 4.56. The Kier molecular flexibility index (Phi) is 32.6. The molecular weight excluding hydrogens is 536 g/mol. The third kappa shape index (κ3) is 34.2. The number of allylic oxidation sites excluding steroid dienone is 8. The monoisotopic (exact) mass is 602 g/mol. The van der Waals surface area contributed by atoms with Crippen LogP contribution in [0.25, 0.3) is 0 Å². The summed E-state index contributed by atoms with van der Waals surface area (Å²) >= 11 is 0. The van der Waals surface area contributed by atoms with Gasteiger partial charge >= 0.3 is 11.9 Å². The molecule has 248 valence electrons. The summed E-state index contributed by atoms with van der Waals surface area (Å²) in [5.41, 5.74) is 0. The van der Waals surface area contributed by atoms with Gasteiger partial charge in [0.2, 0.25) is 0 Å². The molecule has 0 spiro atoms. The zero-order valence-corrected chi connectivity index (χ0v) is 28.0. The SMILES string of the molecule is CCCCC/C=C\C/C=C\CCCCCCCC(=O)OCC(O)COC(=O)CCCC/C=C\C/C=C\CCCCCCC. The number of unbranched alkanes of at least 4 members (excludes halogenated alkanes) is 15. The van der Waals surface area contributed by atoms with E-state index in [1.807, 2.05) is 0 Å². The average Bonchev–Trinajstić information content (AvgIpc) is 3.01. The summed E-state index contributed by atoms with van der Waals surface area (Å²) in [6, 6.07) is 0. The van der Waals surface area contributed by atoms with Gasteiger partial charge in [0, 0.05) is 12.8 Å². The van der Waals surface area contributed by atoms with Crippen molar-refractivity contribution in [2.75, 3.05) is 13.2 Å². The van der Waals surface area contributed by atoms with E-state index in [4.69, 9.17) is 9.47 Å². The molecular formula is C38H66O5. The van der Waals surface area contributed by atoms with Crippen LogP contribution in [0.15, 0.2) is 48.6 Å². The van der Waals surface area contributed by atoms with Gasteiger partial charge in [-0.2, -0.15) is 0 Å². The number of carbonyl (C=O) groups is 2. The topological polar surface area (TPSA) is 72.8 Å². The predicted octanol–water partition coefficient (Wildman–Crippen LogP) is 10.7. The van der Waals surface area contributed by atoms with Crippen LogP contribution >= 0.6 is 0 Å². The largest absolute Gasteiger partial charge is 0.463 e. The normalized spacial score (nSPS) is 12.7. The Hall–Kier alpha value is -2.14. The minimum atomic E-state index is -0.982. The molecule has 0 saturated carbocycles. The molecule has 0 saturated heterocycles. The first-order chi connectivity index (χ1) is 21.1. The van der Waals surface area contributed by atoms with Crippen LogP contribution in [0.4, 0.5) is 0 Å². The van der Waals surface area contributed by atoms with Gasteiger partial charge in [-0.05, 0) is 77.0 Å². The highest BCUT2D eigenvalue weighted by molar-refractivity contribution is 5.69. The summed E-state index contributed by atoms with van der Waals surface area (Å²) in [4.78, 5) is 23.8. The lowest BCUT2D eigenvalue weighted by Crippen LogP contribution is -2.25. The smallest absolute Gasteiger partial charge is 0.305 e. The molecule has 0 aliphatic heterocycles. The van der Waals surface area contributed by atoms with Crippen LogP contribution < -0.4 is 0 Å². The second kappa shape index (κ2) is 34.4. The van der Waals surface area contributed by atoms with E-state index >= 15 is 0 Å². The molecule has 0 rings (SSSR count). The fraction of sp³-hybridized carbons (Fsp3) is 0.737. The molecule has 1 unspecified atom stereocenters. The molecule has 0 aromatic carbocycles. The Balaban J connectivity index is 3.54. The van der Waals surface area contributed by atoms with Crippen LogP contribution in [-0.2, 0) is 19.1 Å². The van der Waals surface area contributed by atoms with Crippen LogP contribution in [0.3, 0.4) is 0 Å². The average molecular weight is 603 g/mol. The maximum Gasteiger partial charge on any atom is 0.305 e. The van der Waals surface area contributed by atoms with E-state index in [0.717, 1.165) is 57.8 Å². The number of ether oxygens (including phenoxy) is 2. The highest BCUT2D eigenvalue weighted by Crippen LogP contribution is 2.10. The van der Waals surface area contributed by atoms with Crippen molar-refractivity contribution in [2.24, 2.45) is 0 Å². The molecule has 0 amide bonds. The Morgan fingerprint density at radius 1 is 0.488 bits per heavy atom. The molecule has 0 aliphatic rings. The highest BCUT2D eigenvalue weighted by Gasteiger charge is 2.12. The van der Waals surface area contributed by atoms with Crippen molar-refractivity contribution >= 4 is 11.9 Å². The van der Waals surface area contributed by atoms with Crippen LogP contribution in [0.2, 0.25) is 0 Å². The van der Waals surface area contributed by atoms with Crippen molar-refractivity contribution in [1.29, 1.82) is 0 Å². The number of hydrogen-bond acceptors (Lipinski definition) is 5. The van der Waals surface area contributed by atoms with Crippen molar-refractivity contribution in [2.45, 2.75) is 168 Å².